The number of hydrogen-bond acceptors (Lipinski definition) is 2. The van der Waals surface area contributed by atoms with Gasteiger partial charge in [-0.3, -0.25) is 0 Å². The van der Waals surface area contributed by atoms with Gasteiger partial charge in [-0.25, -0.2) is 0 Å². The second kappa shape index (κ2) is 7.16. The van der Waals surface area contributed by atoms with E-state index >= 15 is 0 Å². The summed E-state index contributed by atoms with van der Waals surface area (Å²) in [4.78, 5) is 0. The van der Waals surface area contributed by atoms with Crippen molar-refractivity contribution >= 4 is 11.6 Å². The van der Waals surface area contributed by atoms with E-state index in [0.717, 1.165) is 30.2 Å². The summed E-state index contributed by atoms with van der Waals surface area (Å²) >= 11 is 6.09. The molecule has 1 rings (SSSR count). The van der Waals surface area contributed by atoms with Crippen molar-refractivity contribution in [2.24, 2.45) is 5.41 Å². The van der Waals surface area contributed by atoms with Crippen molar-refractivity contribution in [3.05, 3.63) is 28.8 Å². The van der Waals surface area contributed by atoms with Crippen LogP contribution in [0.3, 0.4) is 0 Å². The van der Waals surface area contributed by atoms with E-state index in [-0.39, 0.29) is 5.41 Å². The van der Waals surface area contributed by atoms with Crippen LogP contribution in [0, 0.1) is 5.41 Å². The Hall–Kier alpha value is -0.730. The van der Waals surface area contributed by atoms with Gasteiger partial charge in [0.1, 0.15) is 5.75 Å². The molecule has 0 radical (unpaired) electrons. The van der Waals surface area contributed by atoms with Crippen LogP contribution in [0.5, 0.6) is 5.75 Å². The average Bonchev–Trinajstić information content (AvgIpc) is 2.28. The molecule has 2 nitrogen and oxygen atoms in total. The minimum Gasteiger partial charge on any atom is -0.496 e. The largest absolute Gasteiger partial charge is 0.496 e. The Morgan fingerprint density at radius 2 is 2.05 bits per heavy atom. The number of methoxy groups -OCH3 is 1. The molecule has 0 aliphatic carbocycles. The molecule has 0 aromatic heterocycles. The highest BCUT2D eigenvalue weighted by Crippen LogP contribution is 2.33. The molecule has 3 heteroatoms. The molecule has 0 saturated carbocycles. The Kier molecular flexibility index (Phi) is 6.15. The summed E-state index contributed by atoms with van der Waals surface area (Å²) in [6.45, 7) is 9.98. The monoisotopic (exact) mass is 283 g/mol. The van der Waals surface area contributed by atoms with Gasteiger partial charge in [-0.05, 0) is 55.5 Å². The third kappa shape index (κ3) is 5.42. The molecule has 0 saturated heterocycles. The van der Waals surface area contributed by atoms with Crippen molar-refractivity contribution < 1.29 is 4.74 Å². The second-order valence-corrected chi connectivity index (χ2v) is 6.40. The molecule has 0 fully saturated rings. The standard InChI is InChI=1S/C16H26ClNO/c1-6-18-12(2)10-16(3,4)11-13-9-14(17)7-8-15(13)19-5/h7-9,12,18H,6,10-11H2,1-5H3. The van der Waals surface area contributed by atoms with Crippen molar-refractivity contribution in [3.8, 4) is 5.75 Å². The summed E-state index contributed by atoms with van der Waals surface area (Å²) in [7, 11) is 1.71. The molecule has 1 atom stereocenters. The van der Waals surface area contributed by atoms with Gasteiger partial charge >= 0.3 is 0 Å². The van der Waals surface area contributed by atoms with E-state index in [1.807, 2.05) is 18.2 Å². The van der Waals surface area contributed by atoms with Crippen molar-refractivity contribution in [2.45, 2.75) is 46.6 Å². The number of hydrogen-bond donors (Lipinski definition) is 1. The average molecular weight is 284 g/mol. The molecule has 0 heterocycles. The lowest BCUT2D eigenvalue weighted by atomic mass is 9.80. The summed E-state index contributed by atoms with van der Waals surface area (Å²) in [6, 6.07) is 6.35. The lowest BCUT2D eigenvalue weighted by Crippen LogP contribution is -2.32. The zero-order chi connectivity index (χ0) is 14.5. The highest BCUT2D eigenvalue weighted by molar-refractivity contribution is 6.30. The van der Waals surface area contributed by atoms with Crippen LogP contribution in [0.1, 0.15) is 39.7 Å². The quantitative estimate of drug-likeness (QED) is 0.805. The van der Waals surface area contributed by atoms with E-state index in [1.165, 1.54) is 5.56 Å². The van der Waals surface area contributed by atoms with Crippen LogP contribution in [0.25, 0.3) is 0 Å². The van der Waals surface area contributed by atoms with Crippen molar-refractivity contribution in [3.63, 3.8) is 0 Å². The highest BCUT2D eigenvalue weighted by Gasteiger charge is 2.23. The third-order valence-electron chi connectivity index (χ3n) is 3.32. The van der Waals surface area contributed by atoms with E-state index in [4.69, 9.17) is 16.3 Å². The Balaban J connectivity index is 2.79. The number of halogens is 1. The predicted octanol–water partition coefficient (Wildman–Crippen LogP) is 4.31. The van der Waals surface area contributed by atoms with Crippen LogP contribution in [-0.4, -0.2) is 19.7 Å². The van der Waals surface area contributed by atoms with E-state index in [0.29, 0.717) is 6.04 Å². The molecule has 1 N–H and O–H groups in total. The highest BCUT2D eigenvalue weighted by atomic mass is 35.5. The van der Waals surface area contributed by atoms with Gasteiger partial charge < -0.3 is 10.1 Å². The lowest BCUT2D eigenvalue weighted by Gasteiger charge is -2.29. The molecule has 1 aromatic carbocycles. The predicted molar refractivity (Wildman–Crippen MR) is 83.2 cm³/mol. The zero-order valence-corrected chi connectivity index (χ0v) is 13.5. The first kappa shape index (κ1) is 16.3. The molecule has 1 unspecified atom stereocenters. The van der Waals surface area contributed by atoms with Crippen LogP contribution in [0.15, 0.2) is 18.2 Å². The summed E-state index contributed by atoms with van der Waals surface area (Å²) < 4.78 is 5.42. The topological polar surface area (TPSA) is 21.3 Å². The molecule has 0 bridgehead atoms. The zero-order valence-electron chi connectivity index (χ0n) is 12.7. The second-order valence-electron chi connectivity index (χ2n) is 5.96. The number of ether oxygens (including phenoxy) is 1. The maximum Gasteiger partial charge on any atom is 0.122 e. The fourth-order valence-corrected chi connectivity index (χ4v) is 2.92. The number of nitrogens with one attached hydrogen (secondary N) is 1. The van der Waals surface area contributed by atoms with Gasteiger partial charge in [-0.1, -0.05) is 32.4 Å². The molecule has 1 aromatic rings. The summed E-state index contributed by atoms with van der Waals surface area (Å²) in [6.07, 6.45) is 2.09. The Bertz CT molecular complexity index is 404. The van der Waals surface area contributed by atoms with E-state index in [2.05, 4.69) is 33.0 Å². The molecule has 0 aliphatic heterocycles. The van der Waals surface area contributed by atoms with Gasteiger partial charge in [0.2, 0.25) is 0 Å². The Morgan fingerprint density at radius 1 is 1.37 bits per heavy atom. The van der Waals surface area contributed by atoms with Gasteiger partial charge in [0, 0.05) is 11.1 Å². The van der Waals surface area contributed by atoms with Gasteiger partial charge in [-0.15, -0.1) is 0 Å². The maximum atomic E-state index is 6.09. The number of rotatable bonds is 7. The van der Waals surface area contributed by atoms with Crippen LogP contribution in [0.4, 0.5) is 0 Å². The third-order valence-corrected chi connectivity index (χ3v) is 3.56. The van der Waals surface area contributed by atoms with Gasteiger partial charge in [0.25, 0.3) is 0 Å². The molecule has 19 heavy (non-hydrogen) atoms. The van der Waals surface area contributed by atoms with E-state index < -0.39 is 0 Å². The first-order valence-electron chi connectivity index (χ1n) is 6.93. The van der Waals surface area contributed by atoms with Crippen LogP contribution < -0.4 is 10.1 Å². The molecule has 0 amide bonds. The molecular weight excluding hydrogens is 258 g/mol. The number of benzene rings is 1. The minimum absolute atomic E-state index is 0.208. The Labute approximate surface area is 122 Å². The van der Waals surface area contributed by atoms with E-state index in [9.17, 15) is 0 Å². The summed E-state index contributed by atoms with van der Waals surface area (Å²) in [5.41, 5.74) is 1.39. The van der Waals surface area contributed by atoms with Gasteiger partial charge in [0.15, 0.2) is 0 Å². The molecule has 0 aliphatic rings. The fraction of sp³-hybridized carbons (Fsp3) is 0.625. The van der Waals surface area contributed by atoms with Crippen LogP contribution in [0.2, 0.25) is 5.02 Å². The lowest BCUT2D eigenvalue weighted by molar-refractivity contribution is 0.284. The van der Waals surface area contributed by atoms with E-state index in [1.54, 1.807) is 7.11 Å². The normalized spacial score (nSPS) is 13.4. The molecular formula is C16H26ClNO. The van der Waals surface area contributed by atoms with Gasteiger partial charge in [-0.2, -0.15) is 0 Å². The fourth-order valence-electron chi connectivity index (χ4n) is 2.72. The summed E-state index contributed by atoms with van der Waals surface area (Å²) in [5, 5.41) is 4.24. The SMILES string of the molecule is CCNC(C)CC(C)(C)Cc1cc(Cl)ccc1OC. The van der Waals surface area contributed by atoms with Gasteiger partial charge in [0.05, 0.1) is 7.11 Å². The smallest absolute Gasteiger partial charge is 0.122 e. The van der Waals surface area contributed by atoms with Crippen molar-refractivity contribution in [2.75, 3.05) is 13.7 Å². The molecule has 0 spiro atoms. The van der Waals surface area contributed by atoms with Crippen molar-refractivity contribution in [1.82, 2.24) is 5.32 Å². The van der Waals surface area contributed by atoms with Crippen LogP contribution >= 0.6 is 11.6 Å². The maximum absolute atomic E-state index is 6.09. The van der Waals surface area contributed by atoms with Crippen LogP contribution in [-0.2, 0) is 6.42 Å². The first-order chi connectivity index (χ1) is 8.88. The minimum atomic E-state index is 0.208. The first-order valence-corrected chi connectivity index (χ1v) is 7.31. The summed E-state index contributed by atoms with van der Waals surface area (Å²) in [5.74, 6) is 0.925. The molecule has 108 valence electrons. The van der Waals surface area contributed by atoms with Crippen molar-refractivity contribution in [1.29, 1.82) is 0 Å². The Morgan fingerprint density at radius 3 is 2.63 bits per heavy atom.